The average Bonchev–Trinajstić information content (AvgIpc) is 2.54. The third-order valence-corrected chi connectivity index (χ3v) is 4.24. The van der Waals surface area contributed by atoms with Gasteiger partial charge in [-0.15, -0.1) is 11.6 Å². The minimum absolute atomic E-state index is 0.219. The smallest absolute Gasteiger partial charge is 0.259 e. The predicted octanol–water partition coefficient (Wildman–Crippen LogP) is 3.06. The fourth-order valence-electron chi connectivity index (χ4n) is 1.93. The average molecular weight is 293 g/mol. The molecule has 0 aliphatic carbocycles. The number of alkyl halides is 3. The Morgan fingerprint density at radius 3 is 2.47 bits per heavy atom. The van der Waals surface area contributed by atoms with E-state index in [1.807, 2.05) is 30.3 Å². The molecule has 0 N–H and O–H groups in total. The maximum atomic E-state index is 12.0. The monoisotopic (exact) mass is 291 g/mol. The van der Waals surface area contributed by atoms with Crippen LogP contribution in [0.2, 0.25) is 0 Å². The van der Waals surface area contributed by atoms with Crippen LogP contribution in [0, 0.1) is 5.92 Å². The van der Waals surface area contributed by atoms with E-state index in [2.05, 4.69) is 0 Å². The van der Waals surface area contributed by atoms with E-state index < -0.39 is 4.33 Å². The standard InChI is InChI=1S/C12H12Cl3NO/c13-6-10-8-16(11(17)12(10,14)15)7-9-4-2-1-3-5-9/h1-5,10H,6-8H2/t10-/m0/s1. The number of likely N-dealkylation sites (tertiary alicyclic amines) is 1. The lowest BCUT2D eigenvalue weighted by molar-refractivity contribution is -0.128. The molecule has 17 heavy (non-hydrogen) atoms. The zero-order valence-electron chi connectivity index (χ0n) is 9.07. The van der Waals surface area contributed by atoms with Gasteiger partial charge in [-0.3, -0.25) is 4.79 Å². The maximum absolute atomic E-state index is 12.0. The Labute approximate surface area is 115 Å². The van der Waals surface area contributed by atoms with Crippen molar-refractivity contribution in [2.75, 3.05) is 12.4 Å². The van der Waals surface area contributed by atoms with Gasteiger partial charge in [0.2, 0.25) is 4.33 Å². The number of nitrogens with zero attached hydrogens (tertiary/aromatic N) is 1. The fourth-order valence-corrected chi connectivity index (χ4v) is 2.95. The van der Waals surface area contributed by atoms with E-state index in [1.54, 1.807) is 4.90 Å². The number of hydrogen-bond donors (Lipinski definition) is 0. The summed E-state index contributed by atoms with van der Waals surface area (Å²) in [5.74, 6) is -0.191. The molecule has 1 saturated heterocycles. The topological polar surface area (TPSA) is 20.3 Å². The second kappa shape index (κ2) is 5.05. The highest BCUT2D eigenvalue weighted by Crippen LogP contribution is 2.40. The molecule has 1 aliphatic rings. The zero-order valence-corrected chi connectivity index (χ0v) is 11.3. The van der Waals surface area contributed by atoms with Crippen molar-refractivity contribution in [3.63, 3.8) is 0 Å². The third-order valence-electron chi connectivity index (χ3n) is 2.93. The molecule has 2 rings (SSSR count). The molecule has 0 bridgehead atoms. The van der Waals surface area contributed by atoms with E-state index in [1.165, 1.54) is 0 Å². The molecule has 0 radical (unpaired) electrons. The molecule has 1 atom stereocenters. The normalized spacial score (nSPS) is 23.1. The van der Waals surface area contributed by atoms with E-state index in [4.69, 9.17) is 34.8 Å². The summed E-state index contributed by atoms with van der Waals surface area (Å²) in [4.78, 5) is 13.7. The molecule has 0 unspecified atom stereocenters. The number of rotatable bonds is 3. The lowest BCUT2D eigenvalue weighted by atomic mass is 10.1. The number of amides is 1. The summed E-state index contributed by atoms with van der Waals surface area (Å²) in [6, 6.07) is 9.73. The van der Waals surface area contributed by atoms with Gasteiger partial charge in [0.15, 0.2) is 0 Å². The Bertz CT molecular complexity index is 407. The molecular weight excluding hydrogens is 280 g/mol. The molecule has 1 aromatic rings. The van der Waals surface area contributed by atoms with Crippen molar-refractivity contribution in [1.29, 1.82) is 0 Å². The van der Waals surface area contributed by atoms with Gasteiger partial charge in [0.05, 0.1) is 0 Å². The summed E-state index contributed by atoms with van der Waals surface area (Å²) in [5, 5.41) is 0. The van der Waals surface area contributed by atoms with Gasteiger partial charge in [0.1, 0.15) is 0 Å². The van der Waals surface area contributed by atoms with Crippen LogP contribution in [0.25, 0.3) is 0 Å². The van der Waals surface area contributed by atoms with Gasteiger partial charge < -0.3 is 4.90 Å². The molecule has 92 valence electrons. The highest BCUT2D eigenvalue weighted by atomic mass is 35.5. The van der Waals surface area contributed by atoms with Gasteiger partial charge in [0, 0.05) is 24.9 Å². The molecule has 1 amide bonds. The second-order valence-corrected chi connectivity index (χ2v) is 5.84. The first-order valence-corrected chi connectivity index (χ1v) is 6.62. The van der Waals surface area contributed by atoms with Crippen LogP contribution in [0.15, 0.2) is 30.3 Å². The van der Waals surface area contributed by atoms with Crippen molar-refractivity contribution < 1.29 is 4.79 Å². The van der Waals surface area contributed by atoms with E-state index in [9.17, 15) is 4.79 Å². The summed E-state index contributed by atoms with van der Waals surface area (Å²) in [6.07, 6.45) is 0. The van der Waals surface area contributed by atoms with Crippen molar-refractivity contribution in [2.45, 2.75) is 10.9 Å². The van der Waals surface area contributed by atoms with Crippen LogP contribution in [-0.2, 0) is 11.3 Å². The van der Waals surface area contributed by atoms with Crippen molar-refractivity contribution in [3.8, 4) is 0 Å². The van der Waals surface area contributed by atoms with Gasteiger partial charge in [-0.1, -0.05) is 53.5 Å². The molecule has 0 aromatic heterocycles. The molecule has 1 heterocycles. The molecule has 1 aliphatic heterocycles. The Hall–Kier alpha value is -0.440. The molecular formula is C12H12Cl3NO. The van der Waals surface area contributed by atoms with E-state index >= 15 is 0 Å². The summed E-state index contributed by atoms with van der Waals surface area (Å²) in [6.45, 7) is 1.03. The van der Waals surface area contributed by atoms with Crippen LogP contribution >= 0.6 is 34.8 Å². The lowest BCUT2D eigenvalue weighted by Crippen LogP contribution is -2.33. The minimum Gasteiger partial charge on any atom is -0.335 e. The number of carbonyl (C=O) groups is 1. The van der Waals surface area contributed by atoms with E-state index in [0.29, 0.717) is 13.1 Å². The second-order valence-electron chi connectivity index (χ2n) is 4.15. The number of carbonyl (C=O) groups excluding carboxylic acids is 1. The first-order valence-electron chi connectivity index (χ1n) is 5.32. The third kappa shape index (κ3) is 2.54. The molecule has 0 saturated carbocycles. The first-order chi connectivity index (χ1) is 8.05. The summed E-state index contributed by atoms with van der Waals surface area (Å²) in [5.41, 5.74) is 1.06. The molecule has 1 fully saturated rings. The summed E-state index contributed by atoms with van der Waals surface area (Å²) >= 11 is 17.8. The van der Waals surface area contributed by atoms with Gasteiger partial charge in [-0.2, -0.15) is 0 Å². The highest BCUT2D eigenvalue weighted by molar-refractivity contribution is 6.59. The number of hydrogen-bond acceptors (Lipinski definition) is 1. The molecule has 5 heteroatoms. The summed E-state index contributed by atoms with van der Waals surface area (Å²) < 4.78 is -1.38. The van der Waals surface area contributed by atoms with E-state index in [0.717, 1.165) is 5.56 Å². The van der Waals surface area contributed by atoms with Gasteiger partial charge in [0.25, 0.3) is 5.91 Å². The number of halogens is 3. The van der Waals surface area contributed by atoms with Crippen LogP contribution in [0.5, 0.6) is 0 Å². The fraction of sp³-hybridized carbons (Fsp3) is 0.417. The molecule has 2 nitrogen and oxygen atoms in total. The lowest BCUT2D eigenvalue weighted by Gasteiger charge is -2.17. The maximum Gasteiger partial charge on any atom is 0.259 e. The Kier molecular flexibility index (Phi) is 3.86. The van der Waals surface area contributed by atoms with Crippen LogP contribution in [0.1, 0.15) is 5.56 Å². The molecule has 0 spiro atoms. The highest BCUT2D eigenvalue weighted by Gasteiger charge is 2.51. The SMILES string of the molecule is O=C1N(Cc2ccccc2)C[C@H](CCl)C1(Cl)Cl. The van der Waals surface area contributed by atoms with Crippen LogP contribution in [-0.4, -0.2) is 27.6 Å². The quantitative estimate of drug-likeness (QED) is 0.784. The first kappa shape index (κ1) is 13.0. The number of benzene rings is 1. The van der Waals surface area contributed by atoms with Crippen LogP contribution < -0.4 is 0 Å². The van der Waals surface area contributed by atoms with Crippen LogP contribution in [0.4, 0.5) is 0 Å². The van der Waals surface area contributed by atoms with E-state index in [-0.39, 0.29) is 17.7 Å². The minimum atomic E-state index is -1.38. The van der Waals surface area contributed by atoms with Gasteiger partial charge >= 0.3 is 0 Å². The van der Waals surface area contributed by atoms with Crippen molar-refractivity contribution >= 4 is 40.7 Å². The Morgan fingerprint density at radius 2 is 1.94 bits per heavy atom. The summed E-state index contributed by atoms with van der Waals surface area (Å²) in [7, 11) is 0. The predicted molar refractivity (Wildman–Crippen MR) is 70.5 cm³/mol. The Morgan fingerprint density at radius 1 is 1.29 bits per heavy atom. The van der Waals surface area contributed by atoms with Crippen molar-refractivity contribution in [3.05, 3.63) is 35.9 Å². The van der Waals surface area contributed by atoms with Gasteiger partial charge in [-0.05, 0) is 5.56 Å². The van der Waals surface area contributed by atoms with Crippen molar-refractivity contribution in [1.82, 2.24) is 4.90 Å². The van der Waals surface area contributed by atoms with Crippen molar-refractivity contribution in [2.24, 2.45) is 5.92 Å². The van der Waals surface area contributed by atoms with Gasteiger partial charge in [-0.25, -0.2) is 0 Å². The largest absolute Gasteiger partial charge is 0.335 e. The molecule has 1 aromatic carbocycles. The van der Waals surface area contributed by atoms with Crippen LogP contribution in [0.3, 0.4) is 0 Å². The Balaban J connectivity index is 2.12. The zero-order chi connectivity index (χ0) is 12.5.